The molecule has 0 aliphatic rings. The summed E-state index contributed by atoms with van der Waals surface area (Å²) in [7, 11) is 0. The molecule has 0 saturated heterocycles. The minimum absolute atomic E-state index is 0.171. The Bertz CT molecular complexity index is 867. The van der Waals surface area contributed by atoms with Crippen molar-refractivity contribution in [3.05, 3.63) is 47.5 Å². The van der Waals surface area contributed by atoms with Crippen LogP contribution in [0.4, 0.5) is 0 Å². The summed E-state index contributed by atoms with van der Waals surface area (Å²) >= 11 is 0. The predicted molar refractivity (Wildman–Crippen MR) is 154 cm³/mol. The summed E-state index contributed by atoms with van der Waals surface area (Å²) in [6, 6.07) is 10.7. The third kappa shape index (κ3) is 13.2. The summed E-state index contributed by atoms with van der Waals surface area (Å²) in [6.45, 7) is 6.96. The quantitative estimate of drug-likeness (QED) is 0.141. The summed E-state index contributed by atoms with van der Waals surface area (Å²) in [5.74, 6) is 1.71. The first kappa shape index (κ1) is 30.2. The molecule has 0 amide bonds. The number of phenols is 2. The van der Waals surface area contributed by atoms with Crippen LogP contribution in [0.5, 0.6) is 23.0 Å². The summed E-state index contributed by atoms with van der Waals surface area (Å²) < 4.78 is 11.5. The highest BCUT2D eigenvalue weighted by molar-refractivity contribution is 5.84. The topological polar surface area (TPSA) is 83.6 Å². The maximum absolute atomic E-state index is 10.2. The van der Waals surface area contributed by atoms with Crippen molar-refractivity contribution in [3.63, 3.8) is 0 Å². The molecule has 2 aromatic rings. The number of unbranched alkanes of at least 4 members (excludes halogenated alkanes) is 8. The maximum Gasteiger partial charge on any atom is 0.128 e. The smallest absolute Gasteiger partial charge is 0.128 e. The van der Waals surface area contributed by atoms with Gasteiger partial charge in [0.25, 0.3) is 0 Å². The Morgan fingerprint density at radius 1 is 0.595 bits per heavy atom. The molecule has 204 valence electrons. The van der Waals surface area contributed by atoms with Crippen LogP contribution in [0, 0.1) is 0 Å². The molecular weight excluding hydrogens is 464 g/mol. The Morgan fingerprint density at radius 3 is 1.43 bits per heavy atom. The van der Waals surface area contributed by atoms with Crippen LogP contribution in [0.3, 0.4) is 0 Å². The number of rotatable bonds is 20. The second kappa shape index (κ2) is 19.1. The molecule has 0 saturated carbocycles. The molecule has 0 fully saturated rings. The van der Waals surface area contributed by atoms with Crippen molar-refractivity contribution in [2.75, 3.05) is 26.3 Å². The minimum Gasteiger partial charge on any atom is -0.507 e. The summed E-state index contributed by atoms with van der Waals surface area (Å²) in [5.41, 5.74) is 1.35. The lowest BCUT2D eigenvalue weighted by atomic mass is 10.2. The molecule has 0 unspecified atom stereocenters. The van der Waals surface area contributed by atoms with Crippen LogP contribution in [0.25, 0.3) is 0 Å². The van der Waals surface area contributed by atoms with E-state index in [0.717, 1.165) is 19.3 Å². The van der Waals surface area contributed by atoms with Crippen molar-refractivity contribution in [2.24, 2.45) is 9.98 Å². The maximum atomic E-state index is 10.2. The standard InChI is InChI=1S/C31H46N2O4/c1-3-5-7-9-11-20-36-28-16-14-26(30(34)22-28)24-32-18-13-19-33-25-27-15-17-29(23-31(27)35)37-21-12-10-8-6-4-2/h14-17,22-25,34-35H,3-13,18-21H2,1-2H3. The number of aromatic hydroxyl groups is 2. The summed E-state index contributed by atoms with van der Waals surface area (Å²) in [5, 5.41) is 20.5. The van der Waals surface area contributed by atoms with Crippen molar-refractivity contribution in [1.29, 1.82) is 0 Å². The van der Waals surface area contributed by atoms with Crippen molar-refractivity contribution in [2.45, 2.75) is 84.5 Å². The molecule has 0 bridgehead atoms. The zero-order valence-electron chi connectivity index (χ0n) is 22.8. The van der Waals surface area contributed by atoms with Crippen LogP contribution in [0.2, 0.25) is 0 Å². The zero-order chi connectivity index (χ0) is 26.6. The number of aliphatic imine (C=N–C) groups is 2. The van der Waals surface area contributed by atoms with Crippen molar-refractivity contribution in [1.82, 2.24) is 0 Å². The van der Waals surface area contributed by atoms with Crippen LogP contribution in [-0.2, 0) is 0 Å². The fourth-order valence-electron chi connectivity index (χ4n) is 3.82. The lowest BCUT2D eigenvalue weighted by Crippen LogP contribution is -1.98. The van der Waals surface area contributed by atoms with Crippen molar-refractivity contribution < 1.29 is 19.7 Å². The van der Waals surface area contributed by atoms with Gasteiger partial charge in [0.1, 0.15) is 23.0 Å². The molecular formula is C31H46N2O4. The third-order valence-corrected chi connectivity index (χ3v) is 6.07. The fourth-order valence-corrected chi connectivity index (χ4v) is 3.82. The summed E-state index contributed by atoms with van der Waals surface area (Å²) in [4.78, 5) is 8.79. The number of hydrogen-bond donors (Lipinski definition) is 2. The molecule has 0 radical (unpaired) electrons. The molecule has 6 heteroatoms. The first-order valence-electron chi connectivity index (χ1n) is 14.0. The average molecular weight is 511 g/mol. The van der Waals surface area contributed by atoms with Crippen molar-refractivity contribution in [3.8, 4) is 23.0 Å². The molecule has 2 N–H and O–H groups in total. The van der Waals surface area contributed by atoms with E-state index in [2.05, 4.69) is 23.8 Å². The Kier molecular flexibility index (Phi) is 15.6. The van der Waals surface area contributed by atoms with Gasteiger partial charge in [0.05, 0.1) is 13.2 Å². The molecule has 0 heterocycles. The van der Waals surface area contributed by atoms with Crippen LogP contribution in [0.15, 0.2) is 46.4 Å². The van der Waals surface area contributed by atoms with Gasteiger partial charge in [-0.2, -0.15) is 0 Å². The van der Waals surface area contributed by atoms with Gasteiger partial charge in [-0.05, 0) is 43.5 Å². The van der Waals surface area contributed by atoms with E-state index in [9.17, 15) is 10.2 Å². The van der Waals surface area contributed by atoms with Gasteiger partial charge >= 0.3 is 0 Å². The van der Waals surface area contributed by atoms with Crippen LogP contribution in [-0.4, -0.2) is 48.9 Å². The first-order valence-corrected chi connectivity index (χ1v) is 14.0. The highest BCUT2D eigenvalue weighted by Gasteiger charge is 2.03. The number of phenolic OH excluding ortho intramolecular Hbond substituents is 2. The molecule has 37 heavy (non-hydrogen) atoms. The molecule has 0 aliphatic carbocycles. The van der Waals surface area contributed by atoms with E-state index in [4.69, 9.17) is 9.47 Å². The highest BCUT2D eigenvalue weighted by Crippen LogP contribution is 2.24. The second-order valence-corrected chi connectivity index (χ2v) is 9.39. The molecule has 0 aliphatic heterocycles. The number of nitrogens with zero attached hydrogens (tertiary/aromatic N) is 2. The van der Waals surface area contributed by atoms with Gasteiger partial charge in [-0.25, -0.2) is 0 Å². The Morgan fingerprint density at radius 2 is 1.03 bits per heavy atom. The average Bonchev–Trinajstić information content (AvgIpc) is 2.89. The van der Waals surface area contributed by atoms with Gasteiger partial charge in [0, 0.05) is 48.8 Å². The molecule has 2 aromatic carbocycles. The Labute approximate surface area is 223 Å². The van der Waals surface area contributed by atoms with Gasteiger partial charge in [0.15, 0.2) is 0 Å². The summed E-state index contributed by atoms with van der Waals surface area (Å²) in [6.07, 6.45) is 16.1. The van der Waals surface area contributed by atoms with E-state index in [1.54, 1.807) is 24.6 Å². The highest BCUT2D eigenvalue weighted by atomic mass is 16.5. The van der Waals surface area contributed by atoms with E-state index in [-0.39, 0.29) is 11.5 Å². The Balaban J connectivity index is 1.64. The molecule has 0 spiro atoms. The largest absolute Gasteiger partial charge is 0.507 e. The molecule has 2 rings (SSSR count). The number of hydrogen-bond acceptors (Lipinski definition) is 6. The molecule has 0 atom stereocenters. The minimum atomic E-state index is 0.171. The zero-order valence-corrected chi connectivity index (χ0v) is 22.8. The SMILES string of the molecule is CCCCCCCOc1ccc(C=NCCCN=Cc2ccc(OCCCCCCC)cc2O)c(O)c1. The number of ether oxygens (including phenoxy) is 2. The van der Waals surface area contributed by atoms with Crippen LogP contribution >= 0.6 is 0 Å². The van der Waals surface area contributed by atoms with Gasteiger partial charge in [-0.1, -0.05) is 65.2 Å². The normalized spacial score (nSPS) is 11.5. The predicted octanol–water partition coefficient (Wildman–Crippen LogP) is 7.72. The van der Waals surface area contributed by atoms with E-state index in [1.807, 2.05) is 24.3 Å². The lowest BCUT2D eigenvalue weighted by Gasteiger charge is -2.07. The van der Waals surface area contributed by atoms with E-state index >= 15 is 0 Å². The first-order chi connectivity index (χ1) is 18.1. The van der Waals surface area contributed by atoms with E-state index in [1.165, 1.54) is 51.4 Å². The van der Waals surface area contributed by atoms with Crippen LogP contribution < -0.4 is 9.47 Å². The molecule has 6 nitrogen and oxygen atoms in total. The lowest BCUT2D eigenvalue weighted by molar-refractivity contribution is 0.302. The van der Waals surface area contributed by atoms with Crippen LogP contribution in [0.1, 0.15) is 95.6 Å². The fraction of sp³-hybridized carbons (Fsp3) is 0.548. The van der Waals surface area contributed by atoms with Gasteiger partial charge in [-0.15, -0.1) is 0 Å². The monoisotopic (exact) mass is 510 g/mol. The van der Waals surface area contributed by atoms with Gasteiger partial charge in [-0.3, -0.25) is 9.98 Å². The number of benzene rings is 2. The molecule has 0 aromatic heterocycles. The van der Waals surface area contributed by atoms with Gasteiger partial charge < -0.3 is 19.7 Å². The van der Waals surface area contributed by atoms with E-state index < -0.39 is 0 Å². The van der Waals surface area contributed by atoms with E-state index in [0.29, 0.717) is 48.9 Å². The van der Waals surface area contributed by atoms with Gasteiger partial charge in [0.2, 0.25) is 0 Å². The second-order valence-electron chi connectivity index (χ2n) is 9.39. The van der Waals surface area contributed by atoms with Crippen molar-refractivity contribution >= 4 is 12.4 Å². The third-order valence-electron chi connectivity index (χ3n) is 6.07. The Hall–Kier alpha value is -3.02.